The van der Waals surface area contributed by atoms with E-state index in [4.69, 9.17) is 4.74 Å². The molecule has 0 aliphatic heterocycles. The minimum absolute atomic E-state index is 0.267. The van der Waals surface area contributed by atoms with Crippen molar-refractivity contribution in [1.82, 2.24) is 5.32 Å². The number of hydrogen-bond donors (Lipinski definition) is 1. The smallest absolute Gasteiger partial charge is 0.407 e. The van der Waals surface area contributed by atoms with Gasteiger partial charge < -0.3 is 10.1 Å². The summed E-state index contributed by atoms with van der Waals surface area (Å²) in [5.41, 5.74) is -0.411. The Morgan fingerprint density at radius 2 is 1.88 bits per heavy atom. The maximum absolute atomic E-state index is 11.7. The number of ether oxygens (including phenoxy) is 1. The molecule has 0 heterocycles. The number of amides is 1. The van der Waals surface area contributed by atoms with E-state index in [1.165, 1.54) is 19.3 Å². The third kappa shape index (κ3) is 4.03. The summed E-state index contributed by atoms with van der Waals surface area (Å²) in [7, 11) is 0. The molecule has 16 heavy (non-hydrogen) atoms. The monoisotopic (exact) mass is 227 g/mol. The highest BCUT2D eigenvalue weighted by Gasteiger charge is 2.31. The first-order valence-corrected chi connectivity index (χ1v) is 6.29. The van der Waals surface area contributed by atoms with E-state index in [-0.39, 0.29) is 12.1 Å². The van der Waals surface area contributed by atoms with Crippen LogP contribution < -0.4 is 5.32 Å². The van der Waals surface area contributed by atoms with E-state index >= 15 is 0 Å². The van der Waals surface area contributed by atoms with Crippen LogP contribution in [0.2, 0.25) is 0 Å². The lowest BCUT2D eigenvalue weighted by atomic mass is 9.76. The van der Waals surface area contributed by atoms with Gasteiger partial charge in [0, 0.05) is 6.04 Å². The van der Waals surface area contributed by atoms with Crippen molar-refractivity contribution in [1.29, 1.82) is 0 Å². The summed E-state index contributed by atoms with van der Waals surface area (Å²) in [6, 6.07) is 0.267. The Labute approximate surface area is 98.9 Å². The summed E-state index contributed by atoms with van der Waals surface area (Å²) in [6.07, 6.45) is 3.49. The Bertz CT molecular complexity index is 239. The summed E-state index contributed by atoms with van der Waals surface area (Å²) >= 11 is 0. The molecule has 3 heteroatoms. The van der Waals surface area contributed by atoms with Gasteiger partial charge in [-0.2, -0.15) is 0 Å². The largest absolute Gasteiger partial charge is 0.444 e. The molecule has 0 saturated heterocycles. The maximum atomic E-state index is 11.7. The average Bonchev–Trinajstić information content (AvgIpc) is 1.95. The van der Waals surface area contributed by atoms with Crippen molar-refractivity contribution >= 4 is 6.09 Å². The van der Waals surface area contributed by atoms with Gasteiger partial charge in [0.1, 0.15) is 5.60 Å². The summed E-state index contributed by atoms with van der Waals surface area (Å²) in [4.78, 5) is 11.7. The van der Waals surface area contributed by atoms with Gasteiger partial charge in [-0.05, 0) is 45.4 Å². The lowest BCUT2D eigenvalue weighted by Gasteiger charge is -2.37. The Morgan fingerprint density at radius 3 is 2.19 bits per heavy atom. The molecule has 1 fully saturated rings. The first-order valence-electron chi connectivity index (χ1n) is 6.29. The van der Waals surface area contributed by atoms with Crippen LogP contribution in [0.15, 0.2) is 0 Å². The molecule has 0 bridgehead atoms. The zero-order chi connectivity index (χ0) is 12.3. The Kier molecular flexibility index (Phi) is 4.22. The zero-order valence-corrected chi connectivity index (χ0v) is 11.2. The van der Waals surface area contributed by atoms with Crippen LogP contribution in [0.1, 0.15) is 53.9 Å². The molecule has 3 nitrogen and oxygen atoms in total. The number of alkyl carbamates (subject to hydrolysis) is 1. The van der Waals surface area contributed by atoms with Gasteiger partial charge in [-0.15, -0.1) is 0 Å². The molecule has 1 aliphatic carbocycles. The van der Waals surface area contributed by atoms with Crippen molar-refractivity contribution in [3.63, 3.8) is 0 Å². The fraction of sp³-hybridized carbons (Fsp3) is 0.923. The van der Waals surface area contributed by atoms with E-state index < -0.39 is 5.60 Å². The predicted octanol–water partition coefficient (Wildman–Crippen LogP) is 3.34. The van der Waals surface area contributed by atoms with Crippen molar-refractivity contribution < 1.29 is 9.53 Å². The molecule has 1 amide bonds. The van der Waals surface area contributed by atoms with Crippen LogP contribution in [-0.4, -0.2) is 17.7 Å². The first-order chi connectivity index (χ1) is 7.29. The van der Waals surface area contributed by atoms with Crippen molar-refractivity contribution in [3.8, 4) is 0 Å². The molecular formula is C13H25NO2. The molecule has 1 N–H and O–H groups in total. The molecule has 0 aromatic rings. The van der Waals surface area contributed by atoms with E-state index in [9.17, 15) is 4.79 Å². The van der Waals surface area contributed by atoms with Gasteiger partial charge in [0.2, 0.25) is 0 Å². The van der Waals surface area contributed by atoms with Crippen molar-refractivity contribution in [2.24, 2.45) is 11.8 Å². The number of rotatable bonds is 3. The molecule has 1 unspecified atom stereocenters. The minimum atomic E-state index is -0.411. The fourth-order valence-corrected chi connectivity index (χ4v) is 2.07. The van der Waals surface area contributed by atoms with Gasteiger partial charge in [0.15, 0.2) is 0 Å². The standard InChI is InChI=1S/C13H25NO2/c1-9(2)11(10-7-6-8-10)14-12(15)16-13(3,4)5/h9-11H,6-8H2,1-5H3,(H,14,15). The lowest BCUT2D eigenvalue weighted by Crippen LogP contribution is -2.47. The predicted molar refractivity (Wildman–Crippen MR) is 65.3 cm³/mol. The average molecular weight is 227 g/mol. The topological polar surface area (TPSA) is 38.3 Å². The Balaban J connectivity index is 2.45. The normalized spacial score (nSPS) is 19.1. The van der Waals surface area contributed by atoms with Crippen molar-refractivity contribution in [2.75, 3.05) is 0 Å². The van der Waals surface area contributed by atoms with Crippen LogP contribution >= 0.6 is 0 Å². The maximum Gasteiger partial charge on any atom is 0.407 e. The van der Waals surface area contributed by atoms with Crippen LogP contribution in [0.5, 0.6) is 0 Å². The minimum Gasteiger partial charge on any atom is -0.444 e. The van der Waals surface area contributed by atoms with Crippen molar-refractivity contribution in [2.45, 2.75) is 65.5 Å². The van der Waals surface area contributed by atoms with Gasteiger partial charge >= 0.3 is 6.09 Å². The molecule has 0 spiro atoms. The number of nitrogens with one attached hydrogen (secondary N) is 1. The molecule has 1 saturated carbocycles. The van der Waals surface area contributed by atoms with Crippen LogP contribution in [0.25, 0.3) is 0 Å². The second-order valence-corrected chi connectivity index (χ2v) is 6.11. The van der Waals surface area contributed by atoms with E-state index in [1.807, 2.05) is 20.8 Å². The van der Waals surface area contributed by atoms with Gasteiger partial charge in [0.25, 0.3) is 0 Å². The molecule has 1 atom stereocenters. The lowest BCUT2D eigenvalue weighted by molar-refractivity contribution is 0.0437. The summed E-state index contributed by atoms with van der Waals surface area (Å²) in [5, 5.41) is 3.01. The Hall–Kier alpha value is -0.730. The third-order valence-electron chi connectivity index (χ3n) is 3.06. The highest BCUT2D eigenvalue weighted by Crippen LogP contribution is 2.32. The molecule has 1 aliphatic rings. The molecule has 94 valence electrons. The zero-order valence-electron chi connectivity index (χ0n) is 11.2. The Morgan fingerprint density at radius 1 is 1.31 bits per heavy atom. The van der Waals surface area contributed by atoms with E-state index in [0.29, 0.717) is 11.8 Å². The van der Waals surface area contributed by atoms with Gasteiger partial charge in [-0.3, -0.25) is 0 Å². The second kappa shape index (κ2) is 5.07. The van der Waals surface area contributed by atoms with Crippen LogP contribution in [0, 0.1) is 11.8 Å². The number of hydrogen-bond acceptors (Lipinski definition) is 2. The SMILES string of the molecule is CC(C)C(NC(=O)OC(C)(C)C)C1CCC1. The van der Waals surface area contributed by atoms with Crippen LogP contribution in [0.4, 0.5) is 4.79 Å². The summed E-state index contributed by atoms with van der Waals surface area (Å²) < 4.78 is 5.29. The van der Waals surface area contributed by atoms with Gasteiger partial charge in [-0.1, -0.05) is 20.3 Å². The fourth-order valence-electron chi connectivity index (χ4n) is 2.07. The van der Waals surface area contributed by atoms with Gasteiger partial charge in [-0.25, -0.2) is 4.79 Å². The first kappa shape index (κ1) is 13.3. The molecule has 0 aromatic carbocycles. The molecule has 0 radical (unpaired) electrons. The van der Waals surface area contributed by atoms with E-state index in [0.717, 1.165) is 0 Å². The van der Waals surface area contributed by atoms with Crippen molar-refractivity contribution in [3.05, 3.63) is 0 Å². The third-order valence-corrected chi connectivity index (χ3v) is 3.06. The van der Waals surface area contributed by atoms with Gasteiger partial charge in [0.05, 0.1) is 0 Å². The number of carbonyl (C=O) groups excluding carboxylic acids is 1. The van der Waals surface area contributed by atoms with Crippen LogP contribution in [-0.2, 0) is 4.74 Å². The quantitative estimate of drug-likeness (QED) is 0.803. The molecule has 1 rings (SSSR count). The highest BCUT2D eigenvalue weighted by atomic mass is 16.6. The number of carbonyl (C=O) groups is 1. The van der Waals surface area contributed by atoms with E-state index in [1.54, 1.807) is 0 Å². The van der Waals surface area contributed by atoms with Crippen LogP contribution in [0.3, 0.4) is 0 Å². The second-order valence-electron chi connectivity index (χ2n) is 6.11. The molecule has 0 aromatic heterocycles. The summed E-state index contributed by atoms with van der Waals surface area (Å²) in [5.74, 6) is 1.12. The van der Waals surface area contributed by atoms with E-state index in [2.05, 4.69) is 19.2 Å². The highest BCUT2D eigenvalue weighted by molar-refractivity contribution is 5.68. The summed E-state index contributed by atoms with van der Waals surface area (Å²) in [6.45, 7) is 9.97. The molecular weight excluding hydrogens is 202 g/mol.